The molecule has 0 spiro atoms. The highest BCUT2D eigenvalue weighted by Crippen LogP contribution is 2.11. The van der Waals surface area contributed by atoms with Crippen LogP contribution in [0.15, 0.2) is 24.3 Å². The van der Waals surface area contributed by atoms with Crippen molar-refractivity contribution in [3.05, 3.63) is 35.4 Å². The Balaban J connectivity index is 2.84. The van der Waals surface area contributed by atoms with Gasteiger partial charge in [-0.2, -0.15) is 9.57 Å². The summed E-state index contributed by atoms with van der Waals surface area (Å²) < 4.78 is 25.3. The highest BCUT2D eigenvalue weighted by Gasteiger charge is 2.20. The molecule has 98 valence electrons. The number of sulfonamides is 1. The van der Waals surface area contributed by atoms with E-state index in [2.05, 4.69) is 0 Å². The van der Waals surface area contributed by atoms with Crippen molar-refractivity contribution in [3.8, 4) is 6.07 Å². The highest BCUT2D eigenvalue weighted by molar-refractivity contribution is 7.88. The van der Waals surface area contributed by atoms with Gasteiger partial charge >= 0.3 is 0 Å². The third-order valence-corrected chi connectivity index (χ3v) is 4.45. The van der Waals surface area contributed by atoms with Crippen LogP contribution in [0.1, 0.15) is 18.1 Å². The molecule has 18 heavy (non-hydrogen) atoms. The fourth-order valence-electron chi connectivity index (χ4n) is 1.58. The maximum atomic E-state index is 12.0. The minimum absolute atomic E-state index is 0.106. The van der Waals surface area contributed by atoms with E-state index in [-0.39, 0.29) is 18.9 Å². The van der Waals surface area contributed by atoms with E-state index in [1.807, 2.05) is 6.07 Å². The second-order valence-electron chi connectivity index (χ2n) is 3.78. The van der Waals surface area contributed by atoms with Crippen molar-refractivity contribution >= 4 is 10.0 Å². The second kappa shape index (κ2) is 6.50. The second-order valence-corrected chi connectivity index (χ2v) is 5.75. The molecule has 0 aliphatic heterocycles. The minimum Gasteiger partial charge on any atom is -0.395 e. The van der Waals surface area contributed by atoms with E-state index in [0.717, 1.165) is 0 Å². The molecule has 5 nitrogen and oxygen atoms in total. The van der Waals surface area contributed by atoms with Crippen LogP contribution in [0.25, 0.3) is 0 Å². The van der Waals surface area contributed by atoms with Gasteiger partial charge in [0, 0.05) is 13.1 Å². The summed E-state index contributed by atoms with van der Waals surface area (Å²) in [5, 5.41) is 17.5. The van der Waals surface area contributed by atoms with Crippen molar-refractivity contribution in [1.82, 2.24) is 4.31 Å². The summed E-state index contributed by atoms with van der Waals surface area (Å²) in [6.07, 6.45) is 0. The van der Waals surface area contributed by atoms with E-state index in [4.69, 9.17) is 10.4 Å². The van der Waals surface area contributed by atoms with E-state index in [1.54, 1.807) is 31.2 Å². The summed E-state index contributed by atoms with van der Waals surface area (Å²) in [5.41, 5.74) is 1.13. The van der Waals surface area contributed by atoms with Gasteiger partial charge in [-0.25, -0.2) is 8.42 Å². The molecule has 0 amide bonds. The number of rotatable bonds is 6. The summed E-state index contributed by atoms with van der Waals surface area (Å²) in [5.74, 6) is -0.119. The zero-order chi connectivity index (χ0) is 13.6. The Bertz CT molecular complexity index is 517. The lowest BCUT2D eigenvalue weighted by Gasteiger charge is -2.19. The van der Waals surface area contributed by atoms with Crippen molar-refractivity contribution in [1.29, 1.82) is 5.26 Å². The van der Waals surface area contributed by atoms with Gasteiger partial charge in [0.1, 0.15) is 0 Å². The van der Waals surface area contributed by atoms with Gasteiger partial charge in [0.25, 0.3) is 0 Å². The van der Waals surface area contributed by atoms with Gasteiger partial charge in [-0.05, 0) is 17.7 Å². The van der Waals surface area contributed by atoms with Crippen molar-refractivity contribution in [3.63, 3.8) is 0 Å². The summed E-state index contributed by atoms with van der Waals surface area (Å²) in [7, 11) is -3.42. The third-order valence-electron chi connectivity index (χ3n) is 2.53. The number of likely N-dealkylation sites (N-methyl/N-ethyl adjacent to an activating group) is 1. The SMILES string of the molecule is CCN(CCO)S(=O)(=O)Cc1ccc(C#N)cc1. The molecule has 0 heterocycles. The predicted molar refractivity (Wildman–Crippen MR) is 68.1 cm³/mol. The van der Waals surface area contributed by atoms with Gasteiger partial charge in [0.05, 0.1) is 24.0 Å². The van der Waals surface area contributed by atoms with Crippen molar-refractivity contribution in [2.24, 2.45) is 0 Å². The standard InChI is InChI=1S/C12H16N2O3S/c1-2-14(7-8-15)18(16,17)10-12-5-3-11(9-13)4-6-12/h3-6,15H,2,7-8,10H2,1H3. The molecule has 1 N–H and O–H groups in total. The van der Waals surface area contributed by atoms with Crippen LogP contribution in [-0.2, 0) is 15.8 Å². The highest BCUT2D eigenvalue weighted by atomic mass is 32.2. The molecule has 0 saturated carbocycles. The predicted octanol–water partition coefficient (Wildman–Crippen LogP) is 0.702. The van der Waals surface area contributed by atoms with E-state index in [9.17, 15) is 8.42 Å². The smallest absolute Gasteiger partial charge is 0.218 e. The van der Waals surface area contributed by atoms with Crippen molar-refractivity contribution < 1.29 is 13.5 Å². The average Bonchev–Trinajstić information content (AvgIpc) is 2.36. The van der Waals surface area contributed by atoms with Crippen LogP contribution < -0.4 is 0 Å². The zero-order valence-electron chi connectivity index (χ0n) is 10.2. The lowest BCUT2D eigenvalue weighted by atomic mass is 10.2. The Morgan fingerprint density at radius 1 is 1.33 bits per heavy atom. The molecule has 0 aromatic heterocycles. The maximum absolute atomic E-state index is 12.0. The molecule has 0 bridgehead atoms. The summed E-state index contributed by atoms with van der Waals surface area (Å²) in [4.78, 5) is 0. The van der Waals surface area contributed by atoms with Crippen LogP contribution in [-0.4, -0.2) is 37.5 Å². The lowest BCUT2D eigenvalue weighted by molar-refractivity contribution is 0.257. The zero-order valence-corrected chi connectivity index (χ0v) is 11.0. The Kier molecular flexibility index (Phi) is 5.28. The van der Waals surface area contributed by atoms with Crippen LogP contribution in [0, 0.1) is 11.3 Å². The van der Waals surface area contributed by atoms with E-state index >= 15 is 0 Å². The van der Waals surface area contributed by atoms with Crippen LogP contribution in [0.3, 0.4) is 0 Å². The molecule has 1 aromatic carbocycles. The van der Waals surface area contributed by atoms with Crippen molar-refractivity contribution in [2.45, 2.75) is 12.7 Å². The summed E-state index contributed by atoms with van der Waals surface area (Å²) in [6, 6.07) is 8.41. The molecule has 0 fully saturated rings. The Morgan fingerprint density at radius 3 is 2.39 bits per heavy atom. The average molecular weight is 268 g/mol. The fraction of sp³-hybridized carbons (Fsp3) is 0.417. The number of hydrogen-bond donors (Lipinski definition) is 1. The maximum Gasteiger partial charge on any atom is 0.218 e. The molecule has 0 atom stereocenters. The Hall–Kier alpha value is -1.42. The Labute approximate surface area is 107 Å². The number of benzene rings is 1. The largest absolute Gasteiger partial charge is 0.395 e. The van der Waals surface area contributed by atoms with Gasteiger partial charge < -0.3 is 5.11 Å². The molecule has 0 aliphatic carbocycles. The minimum atomic E-state index is -3.42. The molecule has 0 saturated heterocycles. The van der Waals surface area contributed by atoms with E-state index in [0.29, 0.717) is 17.7 Å². The number of nitrogens with zero attached hydrogens (tertiary/aromatic N) is 2. The van der Waals surface area contributed by atoms with Crippen LogP contribution in [0.2, 0.25) is 0 Å². The summed E-state index contributed by atoms with van der Waals surface area (Å²) in [6.45, 7) is 1.97. The first-order valence-electron chi connectivity index (χ1n) is 5.61. The molecular weight excluding hydrogens is 252 g/mol. The molecule has 6 heteroatoms. The fourth-order valence-corrected chi connectivity index (χ4v) is 3.13. The van der Waals surface area contributed by atoms with Crippen LogP contribution in [0.4, 0.5) is 0 Å². The van der Waals surface area contributed by atoms with Gasteiger partial charge in [0.2, 0.25) is 10.0 Å². The molecule has 1 rings (SSSR count). The first-order chi connectivity index (χ1) is 8.53. The number of aliphatic hydroxyl groups is 1. The quantitative estimate of drug-likeness (QED) is 0.823. The van der Waals surface area contributed by atoms with Gasteiger partial charge in [-0.3, -0.25) is 0 Å². The van der Waals surface area contributed by atoms with Gasteiger partial charge in [-0.15, -0.1) is 0 Å². The first-order valence-corrected chi connectivity index (χ1v) is 7.22. The number of nitriles is 1. The first kappa shape index (κ1) is 14.6. The molecular formula is C12H16N2O3S. The Morgan fingerprint density at radius 2 is 1.94 bits per heavy atom. The molecule has 0 radical (unpaired) electrons. The van der Waals surface area contributed by atoms with Gasteiger partial charge in [-0.1, -0.05) is 19.1 Å². The van der Waals surface area contributed by atoms with E-state index in [1.165, 1.54) is 4.31 Å². The lowest BCUT2D eigenvalue weighted by Crippen LogP contribution is -2.34. The summed E-state index contributed by atoms with van der Waals surface area (Å²) >= 11 is 0. The topological polar surface area (TPSA) is 81.4 Å². The third kappa shape index (κ3) is 3.81. The number of aliphatic hydroxyl groups excluding tert-OH is 1. The normalized spacial score (nSPS) is 11.4. The van der Waals surface area contributed by atoms with Crippen LogP contribution >= 0.6 is 0 Å². The molecule has 0 aliphatic rings. The molecule has 0 unspecified atom stereocenters. The van der Waals surface area contributed by atoms with Crippen molar-refractivity contribution in [2.75, 3.05) is 19.7 Å². The number of hydrogen-bond acceptors (Lipinski definition) is 4. The van der Waals surface area contributed by atoms with E-state index < -0.39 is 10.0 Å². The monoisotopic (exact) mass is 268 g/mol. The van der Waals surface area contributed by atoms with Gasteiger partial charge in [0.15, 0.2) is 0 Å². The van der Waals surface area contributed by atoms with Crippen LogP contribution in [0.5, 0.6) is 0 Å². The molecule has 1 aromatic rings.